The number of amides is 1. The van der Waals surface area contributed by atoms with Gasteiger partial charge >= 0.3 is 0 Å². The Balaban J connectivity index is 2.77. The molecule has 0 bridgehead atoms. The summed E-state index contributed by atoms with van der Waals surface area (Å²) >= 11 is 6.10. The first-order valence-corrected chi connectivity index (χ1v) is 6.69. The van der Waals surface area contributed by atoms with E-state index in [0.29, 0.717) is 29.5 Å². The first-order valence-electron chi connectivity index (χ1n) is 6.31. The molecule has 1 aromatic rings. The van der Waals surface area contributed by atoms with Crippen LogP contribution in [0, 0.1) is 6.92 Å². The highest BCUT2D eigenvalue weighted by molar-refractivity contribution is 6.32. The SMILES string of the molecule is CCOc1cc(C)c(C(=O)NCCN(C)C)cc1Cl. The van der Waals surface area contributed by atoms with Crippen LogP contribution in [0.3, 0.4) is 0 Å². The summed E-state index contributed by atoms with van der Waals surface area (Å²) in [6, 6.07) is 3.46. The summed E-state index contributed by atoms with van der Waals surface area (Å²) in [6.07, 6.45) is 0. The van der Waals surface area contributed by atoms with Gasteiger partial charge in [0.2, 0.25) is 0 Å². The molecule has 1 aromatic carbocycles. The van der Waals surface area contributed by atoms with Crippen molar-refractivity contribution in [1.82, 2.24) is 10.2 Å². The maximum Gasteiger partial charge on any atom is 0.251 e. The lowest BCUT2D eigenvalue weighted by Gasteiger charge is -2.13. The van der Waals surface area contributed by atoms with Crippen molar-refractivity contribution in [3.8, 4) is 5.75 Å². The summed E-state index contributed by atoms with van der Waals surface area (Å²) in [5.41, 5.74) is 1.45. The number of hydrogen-bond donors (Lipinski definition) is 1. The van der Waals surface area contributed by atoms with Gasteiger partial charge in [-0.2, -0.15) is 0 Å². The van der Waals surface area contributed by atoms with Crippen molar-refractivity contribution in [3.05, 3.63) is 28.3 Å². The summed E-state index contributed by atoms with van der Waals surface area (Å²) in [4.78, 5) is 14.1. The van der Waals surface area contributed by atoms with Crippen LogP contribution in [0.4, 0.5) is 0 Å². The first-order chi connectivity index (χ1) is 8.95. The van der Waals surface area contributed by atoms with E-state index in [1.165, 1.54) is 0 Å². The number of ether oxygens (including phenoxy) is 1. The minimum atomic E-state index is -0.107. The van der Waals surface area contributed by atoms with Crippen LogP contribution in [0.15, 0.2) is 12.1 Å². The molecule has 0 saturated carbocycles. The molecule has 0 fully saturated rings. The van der Waals surface area contributed by atoms with Gasteiger partial charge in [0.05, 0.1) is 11.6 Å². The van der Waals surface area contributed by atoms with Crippen LogP contribution in [0.2, 0.25) is 5.02 Å². The van der Waals surface area contributed by atoms with E-state index in [0.717, 1.165) is 12.1 Å². The number of nitrogens with zero attached hydrogens (tertiary/aromatic N) is 1. The lowest BCUT2D eigenvalue weighted by Crippen LogP contribution is -2.31. The van der Waals surface area contributed by atoms with E-state index in [9.17, 15) is 4.79 Å². The minimum absolute atomic E-state index is 0.107. The zero-order valence-electron chi connectivity index (χ0n) is 11.9. The number of benzene rings is 1. The van der Waals surface area contributed by atoms with Crippen molar-refractivity contribution in [3.63, 3.8) is 0 Å². The minimum Gasteiger partial charge on any atom is -0.492 e. The molecule has 0 radical (unpaired) electrons. The Kier molecular flexibility index (Phi) is 6.12. The predicted molar refractivity (Wildman–Crippen MR) is 78.2 cm³/mol. The number of carbonyl (C=O) groups excluding carboxylic acids is 1. The maximum atomic E-state index is 12.0. The van der Waals surface area contributed by atoms with Crippen LogP contribution < -0.4 is 10.1 Å². The number of nitrogens with one attached hydrogen (secondary N) is 1. The molecular weight excluding hydrogens is 264 g/mol. The number of hydrogen-bond acceptors (Lipinski definition) is 3. The second-order valence-electron chi connectivity index (χ2n) is 4.59. The number of rotatable bonds is 6. The predicted octanol–water partition coefficient (Wildman–Crippen LogP) is 2.34. The fourth-order valence-electron chi connectivity index (χ4n) is 1.65. The van der Waals surface area contributed by atoms with Gasteiger partial charge in [-0.05, 0) is 45.6 Å². The molecule has 1 rings (SSSR count). The van der Waals surface area contributed by atoms with Crippen molar-refractivity contribution in [2.75, 3.05) is 33.8 Å². The molecule has 0 atom stereocenters. The highest BCUT2D eigenvalue weighted by atomic mass is 35.5. The lowest BCUT2D eigenvalue weighted by molar-refractivity contribution is 0.0950. The number of halogens is 1. The van der Waals surface area contributed by atoms with Gasteiger partial charge in [0, 0.05) is 18.7 Å². The van der Waals surface area contributed by atoms with Gasteiger partial charge in [-0.25, -0.2) is 0 Å². The Morgan fingerprint density at radius 3 is 2.68 bits per heavy atom. The fourth-order valence-corrected chi connectivity index (χ4v) is 1.87. The number of likely N-dealkylation sites (N-methyl/N-ethyl adjacent to an activating group) is 1. The van der Waals surface area contributed by atoms with Gasteiger partial charge in [-0.3, -0.25) is 4.79 Å². The van der Waals surface area contributed by atoms with Gasteiger partial charge in [0.15, 0.2) is 0 Å². The number of aryl methyl sites for hydroxylation is 1. The average Bonchev–Trinajstić information content (AvgIpc) is 2.33. The van der Waals surface area contributed by atoms with E-state index in [-0.39, 0.29) is 5.91 Å². The number of carbonyl (C=O) groups is 1. The molecule has 4 nitrogen and oxygen atoms in total. The Hall–Kier alpha value is -1.26. The molecule has 0 aromatic heterocycles. The van der Waals surface area contributed by atoms with Gasteiger partial charge in [0.1, 0.15) is 5.75 Å². The van der Waals surface area contributed by atoms with E-state index in [4.69, 9.17) is 16.3 Å². The molecule has 0 aliphatic carbocycles. The summed E-state index contributed by atoms with van der Waals surface area (Å²) in [6.45, 7) is 5.73. The Labute approximate surface area is 119 Å². The van der Waals surface area contributed by atoms with Crippen molar-refractivity contribution < 1.29 is 9.53 Å². The molecule has 19 heavy (non-hydrogen) atoms. The maximum absolute atomic E-state index is 12.0. The third kappa shape index (κ3) is 4.73. The fraction of sp³-hybridized carbons (Fsp3) is 0.500. The van der Waals surface area contributed by atoms with Crippen molar-refractivity contribution in [1.29, 1.82) is 0 Å². The van der Waals surface area contributed by atoms with Gasteiger partial charge in [-0.15, -0.1) is 0 Å². The van der Waals surface area contributed by atoms with Crippen molar-refractivity contribution >= 4 is 17.5 Å². The molecule has 0 spiro atoms. The van der Waals surface area contributed by atoms with E-state index in [1.807, 2.05) is 32.8 Å². The Morgan fingerprint density at radius 2 is 2.11 bits per heavy atom. The van der Waals surface area contributed by atoms with Crippen LogP contribution in [-0.4, -0.2) is 44.6 Å². The quantitative estimate of drug-likeness (QED) is 0.872. The molecule has 0 unspecified atom stereocenters. The van der Waals surface area contributed by atoms with Crippen LogP contribution in [-0.2, 0) is 0 Å². The van der Waals surface area contributed by atoms with Gasteiger partial charge in [-0.1, -0.05) is 11.6 Å². The molecule has 0 aliphatic heterocycles. The van der Waals surface area contributed by atoms with Crippen molar-refractivity contribution in [2.24, 2.45) is 0 Å². The molecule has 1 N–H and O–H groups in total. The van der Waals surface area contributed by atoms with Crippen LogP contribution in [0.1, 0.15) is 22.8 Å². The summed E-state index contributed by atoms with van der Waals surface area (Å²) < 4.78 is 5.39. The highest BCUT2D eigenvalue weighted by Crippen LogP contribution is 2.28. The zero-order chi connectivity index (χ0) is 14.4. The standard InChI is InChI=1S/C14H21ClN2O2/c1-5-19-13-8-10(2)11(9-12(13)15)14(18)16-6-7-17(3)4/h8-9H,5-7H2,1-4H3,(H,16,18). The molecule has 106 valence electrons. The molecule has 0 aliphatic rings. The van der Waals surface area contributed by atoms with E-state index in [1.54, 1.807) is 12.1 Å². The third-order valence-electron chi connectivity index (χ3n) is 2.67. The second kappa shape index (κ2) is 7.36. The Morgan fingerprint density at radius 1 is 1.42 bits per heavy atom. The second-order valence-corrected chi connectivity index (χ2v) is 5.00. The van der Waals surface area contributed by atoms with Crippen LogP contribution in [0.25, 0.3) is 0 Å². The molecule has 0 saturated heterocycles. The van der Waals surface area contributed by atoms with E-state index < -0.39 is 0 Å². The molecule has 0 heterocycles. The molecule has 1 amide bonds. The summed E-state index contributed by atoms with van der Waals surface area (Å²) in [5, 5.41) is 3.33. The van der Waals surface area contributed by atoms with Crippen LogP contribution in [0.5, 0.6) is 5.75 Å². The third-order valence-corrected chi connectivity index (χ3v) is 2.96. The van der Waals surface area contributed by atoms with E-state index >= 15 is 0 Å². The first kappa shape index (κ1) is 15.8. The van der Waals surface area contributed by atoms with Crippen molar-refractivity contribution in [2.45, 2.75) is 13.8 Å². The topological polar surface area (TPSA) is 41.6 Å². The zero-order valence-corrected chi connectivity index (χ0v) is 12.7. The van der Waals surface area contributed by atoms with Gasteiger partial charge in [0.25, 0.3) is 5.91 Å². The van der Waals surface area contributed by atoms with Gasteiger partial charge < -0.3 is 15.0 Å². The molecule has 5 heteroatoms. The smallest absolute Gasteiger partial charge is 0.251 e. The molecular formula is C14H21ClN2O2. The monoisotopic (exact) mass is 284 g/mol. The normalized spacial score (nSPS) is 10.6. The van der Waals surface area contributed by atoms with E-state index in [2.05, 4.69) is 5.32 Å². The summed E-state index contributed by atoms with van der Waals surface area (Å²) in [7, 11) is 3.93. The summed E-state index contributed by atoms with van der Waals surface area (Å²) in [5.74, 6) is 0.510. The largest absolute Gasteiger partial charge is 0.492 e. The highest BCUT2D eigenvalue weighted by Gasteiger charge is 2.13. The average molecular weight is 285 g/mol. The lowest BCUT2D eigenvalue weighted by atomic mass is 10.1. The Bertz CT molecular complexity index is 447. The van der Waals surface area contributed by atoms with Crippen LogP contribution >= 0.6 is 11.6 Å².